The van der Waals surface area contributed by atoms with E-state index >= 15 is 0 Å². The van der Waals surface area contributed by atoms with Crippen molar-refractivity contribution in [2.45, 2.75) is 12.8 Å². The van der Waals surface area contributed by atoms with Crippen LogP contribution < -0.4 is 11.1 Å². The highest BCUT2D eigenvalue weighted by Gasteiger charge is 2.07. The summed E-state index contributed by atoms with van der Waals surface area (Å²) in [6.07, 6.45) is 0.834. The van der Waals surface area contributed by atoms with Crippen LogP contribution in [0.1, 0.15) is 12.8 Å². The van der Waals surface area contributed by atoms with Crippen LogP contribution in [0.15, 0.2) is 18.2 Å². The quantitative estimate of drug-likeness (QED) is 0.558. The molecule has 6 heteroatoms. The summed E-state index contributed by atoms with van der Waals surface area (Å²) in [7, 11) is 1.59. The minimum Gasteiger partial charge on any atom is -0.399 e. The van der Waals surface area contributed by atoms with Crippen molar-refractivity contribution in [3.63, 3.8) is 0 Å². The van der Waals surface area contributed by atoms with E-state index in [1.807, 2.05) is 0 Å². The average molecular weight is 270 g/mol. The largest absolute Gasteiger partial charge is 0.399 e. The summed E-state index contributed by atoms with van der Waals surface area (Å²) in [5.74, 6) is -0.765. The Bertz CT molecular complexity index is 413. The number of hydrogen-bond donors (Lipinski definition) is 2. The summed E-state index contributed by atoms with van der Waals surface area (Å²) >= 11 is 0. The maximum Gasteiger partial charge on any atom is 0.224 e. The molecule has 19 heavy (non-hydrogen) atoms. The summed E-state index contributed by atoms with van der Waals surface area (Å²) in [5, 5.41) is 2.48. The van der Waals surface area contributed by atoms with Crippen LogP contribution >= 0.6 is 0 Å². The smallest absolute Gasteiger partial charge is 0.224 e. The third kappa shape index (κ3) is 6.17. The van der Waals surface area contributed by atoms with Crippen molar-refractivity contribution < 1.29 is 18.7 Å². The molecule has 0 aromatic heterocycles. The zero-order valence-electron chi connectivity index (χ0n) is 10.9. The maximum absolute atomic E-state index is 13.3. The zero-order chi connectivity index (χ0) is 14.1. The van der Waals surface area contributed by atoms with E-state index in [1.54, 1.807) is 7.11 Å². The Kier molecular flexibility index (Phi) is 6.84. The van der Waals surface area contributed by atoms with Gasteiger partial charge in [-0.2, -0.15) is 0 Å². The number of nitrogen functional groups attached to an aromatic ring is 1. The molecule has 0 aliphatic carbocycles. The second kappa shape index (κ2) is 8.44. The molecule has 0 heterocycles. The van der Waals surface area contributed by atoms with Gasteiger partial charge in [0, 0.05) is 25.8 Å². The first-order chi connectivity index (χ1) is 9.13. The summed E-state index contributed by atoms with van der Waals surface area (Å²) < 4.78 is 23.4. The van der Waals surface area contributed by atoms with Gasteiger partial charge in [-0.05, 0) is 24.6 Å². The van der Waals surface area contributed by atoms with E-state index in [0.717, 1.165) is 0 Å². The maximum atomic E-state index is 13.3. The lowest BCUT2D eigenvalue weighted by atomic mass is 10.2. The average Bonchev–Trinajstić information content (AvgIpc) is 2.38. The second-order valence-electron chi connectivity index (χ2n) is 4.00. The summed E-state index contributed by atoms with van der Waals surface area (Å²) in [6.45, 7) is 1.50. The van der Waals surface area contributed by atoms with Crippen LogP contribution in [0, 0.1) is 5.82 Å². The number of nitrogens with two attached hydrogens (primary N) is 1. The van der Waals surface area contributed by atoms with Gasteiger partial charge in [0.2, 0.25) is 5.91 Å². The lowest BCUT2D eigenvalue weighted by Gasteiger charge is -2.07. The van der Waals surface area contributed by atoms with Gasteiger partial charge in [-0.15, -0.1) is 0 Å². The topological polar surface area (TPSA) is 73.6 Å². The third-order valence-electron chi connectivity index (χ3n) is 2.39. The van der Waals surface area contributed by atoms with E-state index in [0.29, 0.717) is 31.9 Å². The van der Waals surface area contributed by atoms with Gasteiger partial charge in [-0.1, -0.05) is 0 Å². The summed E-state index contributed by atoms with van der Waals surface area (Å²) in [5.41, 5.74) is 6.03. The molecule has 106 valence electrons. The third-order valence-corrected chi connectivity index (χ3v) is 2.39. The van der Waals surface area contributed by atoms with Gasteiger partial charge in [-0.25, -0.2) is 4.39 Å². The highest BCUT2D eigenvalue weighted by molar-refractivity contribution is 5.91. The Morgan fingerprint density at radius 1 is 1.37 bits per heavy atom. The number of halogens is 1. The van der Waals surface area contributed by atoms with Crippen LogP contribution in [0.3, 0.4) is 0 Å². The molecular weight excluding hydrogens is 251 g/mol. The molecule has 0 spiro atoms. The minimum absolute atomic E-state index is 0.102. The number of benzene rings is 1. The monoisotopic (exact) mass is 270 g/mol. The molecular formula is C13H19FN2O3. The standard InChI is InChI=1S/C13H19FN2O3/c1-18-7-8-19-6-2-3-13(17)16-12-9-10(15)4-5-11(12)14/h4-5,9H,2-3,6-8,15H2,1H3,(H,16,17). The SMILES string of the molecule is COCCOCCCC(=O)Nc1cc(N)ccc1F. The fourth-order valence-corrected chi connectivity index (χ4v) is 1.43. The molecule has 1 aromatic rings. The zero-order valence-corrected chi connectivity index (χ0v) is 10.9. The molecule has 0 bridgehead atoms. The van der Waals surface area contributed by atoms with Crippen LogP contribution in [0.5, 0.6) is 0 Å². The van der Waals surface area contributed by atoms with Crippen molar-refractivity contribution in [2.24, 2.45) is 0 Å². The van der Waals surface area contributed by atoms with E-state index < -0.39 is 5.82 Å². The fourth-order valence-electron chi connectivity index (χ4n) is 1.43. The number of methoxy groups -OCH3 is 1. The van der Waals surface area contributed by atoms with Crippen LogP contribution in [0.25, 0.3) is 0 Å². The van der Waals surface area contributed by atoms with E-state index in [9.17, 15) is 9.18 Å². The van der Waals surface area contributed by atoms with E-state index in [2.05, 4.69) is 5.32 Å². The van der Waals surface area contributed by atoms with Gasteiger partial charge in [0.15, 0.2) is 0 Å². The molecule has 0 fully saturated rings. The van der Waals surface area contributed by atoms with Crippen molar-refractivity contribution in [2.75, 3.05) is 38.0 Å². The van der Waals surface area contributed by atoms with Crippen molar-refractivity contribution in [3.8, 4) is 0 Å². The lowest BCUT2D eigenvalue weighted by Crippen LogP contribution is -2.14. The number of anilines is 2. The van der Waals surface area contributed by atoms with Crippen molar-refractivity contribution in [1.29, 1.82) is 0 Å². The van der Waals surface area contributed by atoms with Gasteiger partial charge in [0.1, 0.15) is 5.82 Å². The number of carbonyl (C=O) groups excluding carboxylic acids is 1. The molecule has 0 saturated carbocycles. The van der Waals surface area contributed by atoms with E-state index in [-0.39, 0.29) is 18.0 Å². The molecule has 0 unspecified atom stereocenters. The van der Waals surface area contributed by atoms with E-state index in [1.165, 1.54) is 18.2 Å². The van der Waals surface area contributed by atoms with Gasteiger partial charge in [0.05, 0.1) is 18.9 Å². The molecule has 5 nitrogen and oxygen atoms in total. The number of rotatable bonds is 8. The van der Waals surface area contributed by atoms with Crippen LogP contribution in [0.2, 0.25) is 0 Å². The Hall–Kier alpha value is -1.66. The molecule has 0 saturated heterocycles. The molecule has 1 aromatic carbocycles. The number of amides is 1. The van der Waals surface area contributed by atoms with Crippen LogP contribution in [0.4, 0.5) is 15.8 Å². The normalized spacial score (nSPS) is 10.4. The molecule has 0 aliphatic heterocycles. The Morgan fingerprint density at radius 3 is 2.89 bits per heavy atom. The predicted molar refractivity (Wildman–Crippen MR) is 71.4 cm³/mol. The van der Waals surface area contributed by atoms with Gasteiger partial charge < -0.3 is 20.5 Å². The fraction of sp³-hybridized carbons (Fsp3) is 0.462. The lowest BCUT2D eigenvalue weighted by molar-refractivity contribution is -0.116. The molecule has 0 radical (unpaired) electrons. The predicted octanol–water partition coefficient (Wildman–Crippen LogP) is 1.79. The molecule has 0 aliphatic rings. The number of nitrogens with one attached hydrogen (secondary N) is 1. The molecule has 0 atom stereocenters. The molecule has 1 rings (SSSR count). The highest BCUT2D eigenvalue weighted by atomic mass is 19.1. The Balaban J connectivity index is 2.25. The Morgan fingerprint density at radius 2 is 2.16 bits per heavy atom. The number of hydrogen-bond acceptors (Lipinski definition) is 4. The van der Waals surface area contributed by atoms with Gasteiger partial charge >= 0.3 is 0 Å². The minimum atomic E-state index is -0.501. The van der Waals surface area contributed by atoms with Crippen LogP contribution in [-0.2, 0) is 14.3 Å². The first-order valence-electron chi connectivity index (χ1n) is 6.05. The van der Waals surface area contributed by atoms with Gasteiger partial charge in [0.25, 0.3) is 0 Å². The van der Waals surface area contributed by atoms with Crippen molar-refractivity contribution in [1.82, 2.24) is 0 Å². The molecule has 1 amide bonds. The van der Waals surface area contributed by atoms with Gasteiger partial charge in [-0.3, -0.25) is 4.79 Å². The molecule has 3 N–H and O–H groups in total. The Labute approximate surface area is 111 Å². The van der Waals surface area contributed by atoms with Crippen molar-refractivity contribution >= 4 is 17.3 Å². The summed E-state index contributed by atoms with van der Waals surface area (Å²) in [4.78, 5) is 11.6. The second-order valence-corrected chi connectivity index (χ2v) is 4.00. The highest BCUT2D eigenvalue weighted by Crippen LogP contribution is 2.17. The van der Waals surface area contributed by atoms with Crippen molar-refractivity contribution in [3.05, 3.63) is 24.0 Å². The van der Waals surface area contributed by atoms with Crippen LogP contribution in [-0.4, -0.2) is 32.8 Å². The van der Waals surface area contributed by atoms with E-state index in [4.69, 9.17) is 15.2 Å². The number of carbonyl (C=O) groups is 1. The summed E-state index contributed by atoms with van der Waals surface area (Å²) in [6, 6.07) is 4.05. The first-order valence-corrected chi connectivity index (χ1v) is 6.05. The number of ether oxygens (including phenoxy) is 2. The first kappa shape index (κ1) is 15.4.